The van der Waals surface area contributed by atoms with Gasteiger partial charge in [-0.05, 0) is 32.4 Å². The van der Waals surface area contributed by atoms with Gasteiger partial charge in [-0.1, -0.05) is 37.3 Å². The average molecular weight is 374 g/mol. The lowest BCUT2D eigenvalue weighted by Gasteiger charge is -2.25. The summed E-state index contributed by atoms with van der Waals surface area (Å²) in [5, 5.41) is 10.0. The van der Waals surface area contributed by atoms with E-state index in [1.807, 2.05) is 0 Å². The Balaban J connectivity index is 1.69. The fourth-order valence-electron chi connectivity index (χ4n) is 2.63. The standard InChI is InChI=1S/C20H31N5S/c1-5-19-24-18(15-26-19)13-23-20(21-3)22-12-11-16(2)25(4)14-17-9-7-6-8-10-17/h6-10,15-16H,5,11-14H2,1-4H3,(H2,21,22,23). The summed E-state index contributed by atoms with van der Waals surface area (Å²) in [6, 6.07) is 11.1. The summed E-state index contributed by atoms with van der Waals surface area (Å²) in [4.78, 5) is 11.3. The molecule has 26 heavy (non-hydrogen) atoms. The lowest BCUT2D eigenvalue weighted by Crippen LogP contribution is -2.39. The summed E-state index contributed by atoms with van der Waals surface area (Å²) in [5.41, 5.74) is 2.42. The molecule has 6 heteroatoms. The van der Waals surface area contributed by atoms with E-state index in [-0.39, 0.29) is 0 Å². The van der Waals surface area contributed by atoms with Gasteiger partial charge in [0.15, 0.2) is 5.96 Å². The first kappa shape index (κ1) is 20.4. The Morgan fingerprint density at radius 1 is 1.27 bits per heavy atom. The number of rotatable bonds is 9. The van der Waals surface area contributed by atoms with Gasteiger partial charge in [0, 0.05) is 31.6 Å². The quantitative estimate of drug-likeness (QED) is 0.523. The summed E-state index contributed by atoms with van der Waals surface area (Å²) in [6.07, 6.45) is 2.05. The molecule has 0 radical (unpaired) electrons. The van der Waals surface area contributed by atoms with E-state index in [2.05, 4.69) is 82.1 Å². The van der Waals surface area contributed by atoms with Crippen LogP contribution in [0, 0.1) is 0 Å². The van der Waals surface area contributed by atoms with Crippen LogP contribution in [0.5, 0.6) is 0 Å². The highest BCUT2D eigenvalue weighted by Gasteiger charge is 2.10. The van der Waals surface area contributed by atoms with Crippen LogP contribution in [0.25, 0.3) is 0 Å². The van der Waals surface area contributed by atoms with Gasteiger partial charge in [-0.2, -0.15) is 0 Å². The molecule has 0 spiro atoms. The Morgan fingerprint density at radius 2 is 2.04 bits per heavy atom. The van der Waals surface area contributed by atoms with Gasteiger partial charge in [-0.25, -0.2) is 4.98 Å². The van der Waals surface area contributed by atoms with E-state index in [0.717, 1.165) is 37.6 Å². The molecule has 1 unspecified atom stereocenters. The predicted molar refractivity (Wildman–Crippen MR) is 112 cm³/mol. The third kappa shape index (κ3) is 6.77. The number of nitrogens with one attached hydrogen (secondary N) is 2. The van der Waals surface area contributed by atoms with E-state index >= 15 is 0 Å². The Hall–Kier alpha value is -1.92. The summed E-state index contributed by atoms with van der Waals surface area (Å²) in [5.74, 6) is 0.828. The van der Waals surface area contributed by atoms with Gasteiger partial charge in [0.2, 0.25) is 0 Å². The van der Waals surface area contributed by atoms with Crippen LogP contribution in [0.3, 0.4) is 0 Å². The minimum absolute atomic E-state index is 0.492. The van der Waals surface area contributed by atoms with Gasteiger partial charge >= 0.3 is 0 Å². The topological polar surface area (TPSA) is 52.6 Å². The first-order valence-electron chi connectivity index (χ1n) is 9.24. The van der Waals surface area contributed by atoms with E-state index in [1.54, 1.807) is 18.4 Å². The van der Waals surface area contributed by atoms with Crippen molar-refractivity contribution in [3.05, 3.63) is 52.0 Å². The average Bonchev–Trinajstić information content (AvgIpc) is 3.13. The van der Waals surface area contributed by atoms with Crippen molar-refractivity contribution in [3.63, 3.8) is 0 Å². The molecule has 0 saturated heterocycles. The molecule has 1 aromatic heterocycles. The van der Waals surface area contributed by atoms with Crippen LogP contribution in [-0.4, -0.2) is 42.5 Å². The normalized spacial score (nSPS) is 13.0. The maximum Gasteiger partial charge on any atom is 0.191 e. The van der Waals surface area contributed by atoms with Crippen molar-refractivity contribution in [2.75, 3.05) is 20.6 Å². The second-order valence-corrected chi connectivity index (χ2v) is 7.42. The van der Waals surface area contributed by atoms with Gasteiger partial charge in [0.25, 0.3) is 0 Å². The fraction of sp³-hybridized carbons (Fsp3) is 0.500. The van der Waals surface area contributed by atoms with Crippen LogP contribution < -0.4 is 10.6 Å². The number of aliphatic imine (C=N–C) groups is 1. The van der Waals surface area contributed by atoms with Crippen LogP contribution >= 0.6 is 11.3 Å². The highest BCUT2D eigenvalue weighted by molar-refractivity contribution is 7.09. The lowest BCUT2D eigenvalue weighted by atomic mass is 10.1. The monoisotopic (exact) mass is 373 g/mol. The largest absolute Gasteiger partial charge is 0.356 e. The van der Waals surface area contributed by atoms with Crippen molar-refractivity contribution in [1.82, 2.24) is 20.5 Å². The van der Waals surface area contributed by atoms with Crippen LogP contribution in [0.1, 0.15) is 36.5 Å². The zero-order chi connectivity index (χ0) is 18.8. The Kier molecular flexibility index (Phi) is 8.58. The van der Waals surface area contributed by atoms with Crippen LogP contribution in [0.15, 0.2) is 40.7 Å². The molecule has 0 aliphatic heterocycles. The van der Waals surface area contributed by atoms with Crippen molar-refractivity contribution in [3.8, 4) is 0 Å². The molecule has 0 saturated carbocycles. The summed E-state index contributed by atoms with van der Waals surface area (Å²) < 4.78 is 0. The number of hydrogen-bond acceptors (Lipinski definition) is 4. The number of aryl methyl sites for hydroxylation is 1. The van der Waals surface area contributed by atoms with Gasteiger partial charge in [-0.15, -0.1) is 11.3 Å². The third-order valence-corrected chi connectivity index (χ3v) is 5.49. The molecule has 0 amide bonds. The maximum atomic E-state index is 4.57. The second kappa shape index (κ2) is 10.9. The molecular formula is C20H31N5S. The first-order valence-corrected chi connectivity index (χ1v) is 10.1. The molecule has 0 bridgehead atoms. The minimum Gasteiger partial charge on any atom is -0.356 e. The van der Waals surface area contributed by atoms with Gasteiger partial charge in [0.1, 0.15) is 0 Å². The molecule has 0 fully saturated rings. The molecule has 1 heterocycles. The second-order valence-electron chi connectivity index (χ2n) is 6.48. The first-order chi connectivity index (χ1) is 12.6. The number of benzene rings is 1. The fourth-order valence-corrected chi connectivity index (χ4v) is 3.38. The molecule has 2 N–H and O–H groups in total. The van der Waals surface area contributed by atoms with Crippen LogP contribution in [0.4, 0.5) is 0 Å². The van der Waals surface area contributed by atoms with E-state index in [9.17, 15) is 0 Å². The van der Waals surface area contributed by atoms with Crippen molar-refractivity contribution in [1.29, 1.82) is 0 Å². The highest BCUT2D eigenvalue weighted by Crippen LogP contribution is 2.10. The zero-order valence-electron chi connectivity index (χ0n) is 16.3. The SMILES string of the molecule is CCc1nc(CNC(=NC)NCCC(C)N(C)Cc2ccccc2)cs1. The molecule has 142 valence electrons. The molecule has 2 rings (SSSR count). The molecule has 0 aliphatic rings. The number of hydrogen-bond donors (Lipinski definition) is 2. The van der Waals surface area contributed by atoms with Gasteiger partial charge in [-0.3, -0.25) is 9.89 Å². The molecule has 0 aliphatic carbocycles. The van der Waals surface area contributed by atoms with E-state index in [0.29, 0.717) is 12.6 Å². The summed E-state index contributed by atoms with van der Waals surface area (Å²) in [7, 11) is 3.98. The summed E-state index contributed by atoms with van der Waals surface area (Å²) >= 11 is 1.72. The van der Waals surface area contributed by atoms with Crippen molar-refractivity contribution in [2.24, 2.45) is 4.99 Å². The third-order valence-electron chi connectivity index (χ3n) is 4.44. The Morgan fingerprint density at radius 3 is 2.69 bits per heavy atom. The molecule has 5 nitrogen and oxygen atoms in total. The Labute approximate surface area is 161 Å². The zero-order valence-corrected chi connectivity index (χ0v) is 17.1. The maximum absolute atomic E-state index is 4.57. The molecule has 1 atom stereocenters. The predicted octanol–water partition coefficient (Wildman–Crippen LogP) is 3.28. The minimum atomic E-state index is 0.492. The molecule has 1 aromatic carbocycles. The van der Waals surface area contributed by atoms with Crippen LogP contribution in [-0.2, 0) is 19.5 Å². The number of aromatic nitrogens is 1. The van der Waals surface area contributed by atoms with E-state index < -0.39 is 0 Å². The number of thiazole rings is 1. The van der Waals surface area contributed by atoms with E-state index in [1.165, 1.54) is 10.6 Å². The molecule has 2 aromatic rings. The Bertz CT molecular complexity index is 668. The van der Waals surface area contributed by atoms with Gasteiger partial charge in [0.05, 0.1) is 17.2 Å². The lowest BCUT2D eigenvalue weighted by molar-refractivity contribution is 0.238. The highest BCUT2D eigenvalue weighted by atomic mass is 32.1. The summed E-state index contributed by atoms with van der Waals surface area (Å²) in [6.45, 7) is 6.96. The van der Waals surface area contributed by atoms with Crippen molar-refractivity contribution >= 4 is 17.3 Å². The van der Waals surface area contributed by atoms with E-state index in [4.69, 9.17) is 0 Å². The smallest absolute Gasteiger partial charge is 0.191 e. The number of guanidine groups is 1. The van der Waals surface area contributed by atoms with Gasteiger partial charge < -0.3 is 10.6 Å². The van der Waals surface area contributed by atoms with Crippen molar-refractivity contribution in [2.45, 2.75) is 45.8 Å². The van der Waals surface area contributed by atoms with Crippen LogP contribution in [0.2, 0.25) is 0 Å². The molecular weight excluding hydrogens is 342 g/mol. The number of nitrogens with zero attached hydrogens (tertiary/aromatic N) is 3. The van der Waals surface area contributed by atoms with Crippen molar-refractivity contribution < 1.29 is 0 Å².